The predicted octanol–water partition coefficient (Wildman–Crippen LogP) is 1.83. The molecule has 0 atom stereocenters. The Morgan fingerprint density at radius 3 is 2.43 bits per heavy atom. The first kappa shape index (κ1) is 11.2. The summed E-state index contributed by atoms with van der Waals surface area (Å²) in [6, 6.07) is 3.42. The molecule has 78 valence electrons. The molecule has 0 amide bonds. The zero-order valence-electron chi connectivity index (χ0n) is 8.53. The van der Waals surface area contributed by atoms with Crippen LogP contribution in [0.5, 0.6) is 0 Å². The molecule has 0 radical (unpaired) electrons. The first-order chi connectivity index (χ1) is 6.60. The zero-order chi connectivity index (χ0) is 10.6. The Bertz CT molecular complexity index is 381. The SMILES string of the molecule is CCCc1ccc(S(=O)(=O)CC)nc1. The molecule has 1 aromatic rings. The first-order valence-corrected chi connectivity index (χ1v) is 6.43. The Morgan fingerprint density at radius 1 is 1.29 bits per heavy atom. The van der Waals surface area contributed by atoms with Crippen molar-refractivity contribution in [3.05, 3.63) is 23.9 Å². The van der Waals surface area contributed by atoms with Gasteiger partial charge in [-0.1, -0.05) is 26.3 Å². The van der Waals surface area contributed by atoms with E-state index in [1.54, 1.807) is 19.2 Å². The number of pyridine rings is 1. The lowest BCUT2D eigenvalue weighted by Gasteiger charge is -2.01. The third-order valence-electron chi connectivity index (χ3n) is 2.03. The van der Waals surface area contributed by atoms with Crippen LogP contribution in [0.4, 0.5) is 0 Å². The Labute approximate surface area is 85.1 Å². The molecule has 0 fully saturated rings. The topological polar surface area (TPSA) is 47.0 Å². The van der Waals surface area contributed by atoms with Gasteiger partial charge in [-0.15, -0.1) is 0 Å². The number of rotatable bonds is 4. The number of hydrogen-bond donors (Lipinski definition) is 0. The van der Waals surface area contributed by atoms with Gasteiger partial charge in [0.2, 0.25) is 0 Å². The molecule has 0 unspecified atom stereocenters. The Kier molecular flexibility index (Phi) is 3.63. The van der Waals surface area contributed by atoms with Crippen LogP contribution in [0, 0.1) is 0 Å². The van der Waals surface area contributed by atoms with Gasteiger partial charge in [-0.3, -0.25) is 0 Å². The molecule has 0 saturated carbocycles. The second-order valence-electron chi connectivity index (χ2n) is 3.16. The van der Waals surface area contributed by atoms with Gasteiger partial charge in [-0.2, -0.15) is 0 Å². The van der Waals surface area contributed by atoms with Crippen molar-refractivity contribution in [3.8, 4) is 0 Å². The fourth-order valence-corrected chi connectivity index (χ4v) is 1.96. The summed E-state index contributed by atoms with van der Waals surface area (Å²) in [6.45, 7) is 3.70. The van der Waals surface area contributed by atoms with Crippen molar-refractivity contribution in [2.45, 2.75) is 31.7 Å². The number of hydrogen-bond acceptors (Lipinski definition) is 3. The lowest BCUT2D eigenvalue weighted by Crippen LogP contribution is -2.06. The van der Waals surface area contributed by atoms with Crippen LogP contribution < -0.4 is 0 Å². The highest BCUT2D eigenvalue weighted by atomic mass is 32.2. The Balaban J connectivity index is 2.94. The van der Waals surface area contributed by atoms with Crippen LogP contribution >= 0.6 is 0 Å². The number of aromatic nitrogens is 1. The Hall–Kier alpha value is -0.900. The van der Waals surface area contributed by atoms with Gasteiger partial charge in [0.1, 0.15) is 0 Å². The van der Waals surface area contributed by atoms with Gasteiger partial charge < -0.3 is 0 Å². The van der Waals surface area contributed by atoms with Crippen molar-refractivity contribution in [2.75, 3.05) is 5.75 Å². The van der Waals surface area contributed by atoms with Crippen molar-refractivity contribution >= 4 is 9.84 Å². The van der Waals surface area contributed by atoms with E-state index in [1.807, 2.05) is 6.07 Å². The average molecular weight is 213 g/mol. The molecule has 0 aliphatic rings. The van der Waals surface area contributed by atoms with E-state index in [0.717, 1.165) is 18.4 Å². The van der Waals surface area contributed by atoms with Crippen molar-refractivity contribution < 1.29 is 8.42 Å². The van der Waals surface area contributed by atoms with Crippen LogP contribution in [0.3, 0.4) is 0 Å². The van der Waals surface area contributed by atoms with Gasteiger partial charge in [-0.25, -0.2) is 13.4 Å². The molecule has 0 N–H and O–H groups in total. The fourth-order valence-electron chi connectivity index (χ4n) is 1.18. The van der Waals surface area contributed by atoms with Crippen LogP contribution in [0.1, 0.15) is 25.8 Å². The maximum Gasteiger partial charge on any atom is 0.195 e. The molecule has 0 saturated heterocycles. The largest absolute Gasteiger partial charge is 0.244 e. The van der Waals surface area contributed by atoms with Crippen LogP contribution in [0.15, 0.2) is 23.4 Å². The van der Waals surface area contributed by atoms with Crippen LogP contribution in [-0.4, -0.2) is 19.2 Å². The minimum absolute atomic E-state index is 0.104. The predicted molar refractivity (Wildman–Crippen MR) is 56.0 cm³/mol. The van der Waals surface area contributed by atoms with Gasteiger partial charge in [0.25, 0.3) is 0 Å². The highest BCUT2D eigenvalue weighted by Crippen LogP contribution is 2.09. The van der Waals surface area contributed by atoms with E-state index < -0.39 is 9.84 Å². The molecular weight excluding hydrogens is 198 g/mol. The fraction of sp³-hybridized carbons (Fsp3) is 0.500. The van der Waals surface area contributed by atoms with E-state index in [4.69, 9.17) is 0 Å². The van der Waals surface area contributed by atoms with Crippen LogP contribution in [0.2, 0.25) is 0 Å². The third kappa shape index (κ3) is 2.54. The highest BCUT2D eigenvalue weighted by molar-refractivity contribution is 7.91. The van der Waals surface area contributed by atoms with Gasteiger partial charge in [0.15, 0.2) is 14.9 Å². The normalized spacial score (nSPS) is 11.6. The molecule has 0 aliphatic carbocycles. The lowest BCUT2D eigenvalue weighted by atomic mass is 10.2. The van der Waals surface area contributed by atoms with Gasteiger partial charge in [0.05, 0.1) is 5.75 Å². The highest BCUT2D eigenvalue weighted by Gasteiger charge is 2.12. The average Bonchev–Trinajstić information content (AvgIpc) is 2.19. The van der Waals surface area contributed by atoms with Crippen molar-refractivity contribution in [2.24, 2.45) is 0 Å². The molecule has 1 rings (SSSR count). The van der Waals surface area contributed by atoms with Gasteiger partial charge in [0, 0.05) is 6.20 Å². The molecule has 0 spiro atoms. The maximum atomic E-state index is 11.4. The van der Waals surface area contributed by atoms with Crippen LogP contribution in [0.25, 0.3) is 0 Å². The molecule has 0 aliphatic heterocycles. The molecule has 3 nitrogen and oxygen atoms in total. The molecule has 1 aromatic heterocycles. The van der Waals surface area contributed by atoms with Crippen molar-refractivity contribution in [1.29, 1.82) is 0 Å². The molecule has 0 bridgehead atoms. The lowest BCUT2D eigenvalue weighted by molar-refractivity contribution is 0.593. The smallest absolute Gasteiger partial charge is 0.195 e. The van der Waals surface area contributed by atoms with Crippen molar-refractivity contribution in [3.63, 3.8) is 0 Å². The van der Waals surface area contributed by atoms with E-state index >= 15 is 0 Å². The summed E-state index contributed by atoms with van der Waals surface area (Å²) >= 11 is 0. The van der Waals surface area contributed by atoms with Crippen molar-refractivity contribution in [1.82, 2.24) is 4.98 Å². The molecular formula is C10H15NO2S. The van der Waals surface area contributed by atoms with Gasteiger partial charge in [-0.05, 0) is 18.1 Å². The number of nitrogens with zero attached hydrogens (tertiary/aromatic N) is 1. The summed E-state index contributed by atoms with van der Waals surface area (Å²) in [5, 5.41) is 0.180. The van der Waals surface area contributed by atoms with E-state index in [-0.39, 0.29) is 10.8 Å². The third-order valence-corrected chi connectivity index (χ3v) is 3.67. The second-order valence-corrected chi connectivity index (χ2v) is 5.38. The second kappa shape index (κ2) is 4.55. The monoisotopic (exact) mass is 213 g/mol. The van der Waals surface area contributed by atoms with Gasteiger partial charge >= 0.3 is 0 Å². The first-order valence-electron chi connectivity index (χ1n) is 4.78. The van der Waals surface area contributed by atoms with E-state index in [1.165, 1.54) is 0 Å². The van der Waals surface area contributed by atoms with E-state index in [0.29, 0.717) is 0 Å². The summed E-state index contributed by atoms with van der Waals surface area (Å²) in [5.74, 6) is 0.104. The molecule has 1 heterocycles. The number of sulfone groups is 1. The quantitative estimate of drug-likeness (QED) is 0.766. The summed E-state index contributed by atoms with van der Waals surface area (Å²) in [5.41, 5.74) is 1.09. The maximum absolute atomic E-state index is 11.4. The summed E-state index contributed by atoms with van der Waals surface area (Å²) in [7, 11) is -3.14. The number of aryl methyl sites for hydroxylation is 1. The molecule has 14 heavy (non-hydrogen) atoms. The van der Waals surface area contributed by atoms with Crippen LogP contribution in [-0.2, 0) is 16.3 Å². The summed E-state index contributed by atoms with van der Waals surface area (Å²) in [6.07, 6.45) is 3.63. The zero-order valence-corrected chi connectivity index (χ0v) is 9.34. The Morgan fingerprint density at radius 2 is 2.00 bits per heavy atom. The standard InChI is InChI=1S/C10H15NO2S/c1-3-5-9-6-7-10(11-8-9)14(12,13)4-2/h6-8H,3-5H2,1-2H3. The minimum Gasteiger partial charge on any atom is -0.244 e. The van der Waals surface area contributed by atoms with E-state index in [9.17, 15) is 8.42 Å². The summed E-state index contributed by atoms with van der Waals surface area (Å²) in [4.78, 5) is 3.95. The van der Waals surface area contributed by atoms with E-state index in [2.05, 4.69) is 11.9 Å². The summed E-state index contributed by atoms with van der Waals surface area (Å²) < 4.78 is 22.8. The molecule has 0 aromatic carbocycles. The minimum atomic E-state index is -3.14. The molecule has 4 heteroatoms.